The Morgan fingerprint density at radius 1 is 1.25 bits per heavy atom. The summed E-state index contributed by atoms with van der Waals surface area (Å²) in [6, 6.07) is 2.16. The second-order valence-electron chi connectivity index (χ2n) is 3.49. The largest absolute Gasteiger partial charge is 0.383 e. The summed E-state index contributed by atoms with van der Waals surface area (Å²) in [4.78, 5) is 3.70. The van der Waals surface area contributed by atoms with Crippen molar-refractivity contribution in [3.05, 3.63) is 20.8 Å². The van der Waals surface area contributed by atoms with Gasteiger partial charge in [-0.1, -0.05) is 0 Å². The van der Waals surface area contributed by atoms with E-state index in [1.54, 1.807) is 25.6 Å². The summed E-state index contributed by atoms with van der Waals surface area (Å²) in [5.74, 6) is 0. The maximum atomic E-state index is 5.11. The molecular weight excluding hydrogens is 290 g/mol. The van der Waals surface area contributed by atoms with Crippen LogP contribution in [0.4, 0.5) is 0 Å². The van der Waals surface area contributed by atoms with Crippen molar-refractivity contribution >= 4 is 27.3 Å². The number of nitrogens with zero attached hydrogens (tertiary/aromatic N) is 1. The van der Waals surface area contributed by atoms with Crippen LogP contribution in [0.3, 0.4) is 0 Å². The van der Waals surface area contributed by atoms with Crippen molar-refractivity contribution in [3.8, 4) is 0 Å². The van der Waals surface area contributed by atoms with Crippen molar-refractivity contribution in [1.29, 1.82) is 0 Å². The van der Waals surface area contributed by atoms with Crippen LogP contribution in [0, 0.1) is 0 Å². The lowest BCUT2D eigenvalue weighted by Gasteiger charge is -2.20. The Morgan fingerprint density at radius 2 is 1.88 bits per heavy atom. The minimum absolute atomic E-state index is 0.760. The van der Waals surface area contributed by atoms with E-state index in [0.29, 0.717) is 0 Å². The number of hydrogen-bond acceptors (Lipinski definition) is 4. The van der Waals surface area contributed by atoms with Crippen molar-refractivity contribution in [2.45, 2.75) is 6.54 Å². The maximum absolute atomic E-state index is 5.11. The van der Waals surface area contributed by atoms with Gasteiger partial charge in [0.1, 0.15) is 0 Å². The van der Waals surface area contributed by atoms with E-state index in [1.807, 2.05) is 0 Å². The van der Waals surface area contributed by atoms with Gasteiger partial charge in [0.25, 0.3) is 0 Å². The van der Waals surface area contributed by atoms with E-state index in [2.05, 4.69) is 32.3 Å². The second kappa shape index (κ2) is 8.20. The normalized spacial score (nSPS) is 11.2. The van der Waals surface area contributed by atoms with Crippen molar-refractivity contribution in [1.82, 2.24) is 4.90 Å². The molecule has 0 radical (unpaired) electrons. The average Bonchev–Trinajstić information content (AvgIpc) is 2.68. The number of rotatable bonds is 8. The Kier molecular flexibility index (Phi) is 7.23. The fourth-order valence-corrected chi connectivity index (χ4v) is 2.86. The SMILES string of the molecule is COCCN(CCOC)Cc1cc(Br)cs1. The molecule has 1 heterocycles. The molecule has 1 aromatic rings. The van der Waals surface area contributed by atoms with E-state index < -0.39 is 0 Å². The third-order valence-electron chi connectivity index (χ3n) is 2.22. The average molecular weight is 308 g/mol. The molecule has 0 aromatic carbocycles. The fraction of sp³-hybridized carbons (Fsp3) is 0.636. The Balaban J connectivity index is 2.41. The van der Waals surface area contributed by atoms with Gasteiger partial charge in [0.15, 0.2) is 0 Å². The molecule has 0 aliphatic carbocycles. The summed E-state index contributed by atoms with van der Waals surface area (Å²) in [6.45, 7) is 4.36. The molecule has 0 bridgehead atoms. The van der Waals surface area contributed by atoms with Crippen LogP contribution in [0.5, 0.6) is 0 Å². The summed E-state index contributed by atoms with van der Waals surface area (Å²) < 4.78 is 11.4. The summed E-state index contributed by atoms with van der Waals surface area (Å²) in [5, 5.41) is 2.11. The van der Waals surface area contributed by atoms with E-state index in [0.717, 1.165) is 37.3 Å². The molecule has 3 nitrogen and oxygen atoms in total. The highest BCUT2D eigenvalue weighted by molar-refractivity contribution is 9.10. The van der Waals surface area contributed by atoms with E-state index in [9.17, 15) is 0 Å². The molecule has 0 aliphatic heterocycles. The summed E-state index contributed by atoms with van der Waals surface area (Å²) in [5.41, 5.74) is 0. The molecular formula is C11H18BrNO2S. The fourth-order valence-electron chi connectivity index (χ4n) is 1.37. The van der Waals surface area contributed by atoms with Crippen LogP contribution < -0.4 is 0 Å². The highest BCUT2D eigenvalue weighted by Crippen LogP contribution is 2.21. The zero-order valence-electron chi connectivity index (χ0n) is 9.74. The standard InChI is InChI=1S/C11H18BrNO2S/c1-14-5-3-13(4-6-15-2)8-11-7-10(12)9-16-11/h7,9H,3-6,8H2,1-2H3. The molecule has 0 aliphatic rings. The number of ether oxygens (including phenoxy) is 2. The van der Waals surface area contributed by atoms with Crippen LogP contribution in [0.1, 0.15) is 4.88 Å². The van der Waals surface area contributed by atoms with Crippen molar-refractivity contribution in [2.75, 3.05) is 40.5 Å². The Morgan fingerprint density at radius 3 is 2.31 bits per heavy atom. The van der Waals surface area contributed by atoms with Gasteiger partial charge in [-0.25, -0.2) is 0 Å². The number of methoxy groups -OCH3 is 2. The van der Waals surface area contributed by atoms with Crippen LogP contribution in [0.25, 0.3) is 0 Å². The van der Waals surface area contributed by atoms with E-state index in [4.69, 9.17) is 9.47 Å². The number of hydrogen-bond donors (Lipinski definition) is 0. The predicted molar refractivity (Wildman–Crippen MR) is 71.0 cm³/mol. The molecule has 0 saturated heterocycles. The maximum Gasteiger partial charge on any atom is 0.0589 e. The van der Waals surface area contributed by atoms with Crippen LogP contribution in [-0.2, 0) is 16.0 Å². The van der Waals surface area contributed by atoms with Gasteiger partial charge >= 0.3 is 0 Å². The highest BCUT2D eigenvalue weighted by atomic mass is 79.9. The third-order valence-corrected chi connectivity index (χ3v) is 3.91. The zero-order valence-corrected chi connectivity index (χ0v) is 12.1. The minimum Gasteiger partial charge on any atom is -0.383 e. The van der Waals surface area contributed by atoms with Crippen molar-refractivity contribution in [2.24, 2.45) is 0 Å². The van der Waals surface area contributed by atoms with Gasteiger partial charge in [-0.3, -0.25) is 4.90 Å². The molecule has 0 spiro atoms. The molecule has 92 valence electrons. The van der Waals surface area contributed by atoms with Gasteiger partial charge in [-0.2, -0.15) is 0 Å². The molecule has 0 fully saturated rings. The van der Waals surface area contributed by atoms with Gasteiger partial charge in [0, 0.05) is 48.6 Å². The first kappa shape index (κ1) is 14.1. The monoisotopic (exact) mass is 307 g/mol. The van der Waals surface area contributed by atoms with E-state index in [-0.39, 0.29) is 0 Å². The minimum atomic E-state index is 0.760. The molecule has 1 aromatic heterocycles. The van der Waals surface area contributed by atoms with Gasteiger partial charge in [0.05, 0.1) is 13.2 Å². The molecule has 5 heteroatoms. The molecule has 0 N–H and O–H groups in total. The molecule has 0 saturated carbocycles. The first-order valence-electron chi connectivity index (χ1n) is 5.19. The Hall–Kier alpha value is 0.0600. The van der Waals surface area contributed by atoms with Crippen LogP contribution in [-0.4, -0.2) is 45.4 Å². The summed E-state index contributed by atoms with van der Waals surface area (Å²) in [7, 11) is 3.46. The Labute approximate surface area is 109 Å². The van der Waals surface area contributed by atoms with Crippen LogP contribution in [0.2, 0.25) is 0 Å². The summed E-state index contributed by atoms with van der Waals surface area (Å²) >= 11 is 5.24. The lowest BCUT2D eigenvalue weighted by atomic mass is 10.4. The first-order chi connectivity index (χ1) is 7.76. The van der Waals surface area contributed by atoms with Crippen LogP contribution >= 0.6 is 27.3 Å². The highest BCUT2D eigenvalue weighted by Gasteiger charge is 2.07. The molecule has 1 rings (SSSR count). The molecule has 0 amide bonds. The lowest BCUT2D eigenvalue weighted by Crippen LogP contribution is -2.29. The van der Waals surface area contributed by atoms with Crippen LogP contribution in [0.15, 0.2) is 15.9 Å². The summed E-state index contributed by atoms with van der Waals surface area (Å²) in [6.07, 6.45) is 0. The van der Waals surface area contributed by atoms with Gasteiger partial charge in [-0.05, 0) is 22.0 Å². The Bertz CT molecular complexity index is 285. The first-order valence-corrected chi connectivity index (χ1v) is 6.86. The molecule has 16 heavy (non-hydrogen) atoms. The van der Waals surface area contributed by atoms with E-state index in [1.165, 1.54) is 4.88 Å². The smallest absolute Gasteiger partial charge is 0.0589 e. The predicted octanol–water partition coefficient (Wildman–Crippen LogP) is 2.61. The van der Waals surface area contributed by atoms with Gasteiger partial charge < -0.3 is 9.47 Å². The number of thiophene rings is 1. The third kappa shape index (κ3) is 5.41. The lowest BCUT2D eigenvalue weighted by molar-refractivity contribution is 0.111. The quantitative estimate of drug-likeness (QED) is 0.737. The number of halogens is 1. The topological polar surface area (TPSA) is 21.7 Å². The van der Waals surface area contributed by atoms with Crippen molar-refractivity contribution in [3.63, 3.8) is 0 Å². The van der Waals surface area contributed by atoms with Crippen molar-refractivity contribution < 1.29 is 9.47 Å². The molecule has 0 unspecified atom stereocenters. The van der Waals surface area contributed by atoms with E-state index >= 15 is 0 Å². The van der Waals surface area contributed by atoms with Gasteiger partial charge in [0.2, 0.25) is 0 Å². The van der Waals surface area contributed by atoms with Gasteiger partial charge in [-0.15, -0.1) is 11.3 Å². The second-order valence-corrected chi connectivity index (χ2v) is 5.40. The molecule has 0 atom stereocenters. The zero-order chi connectivity index (χ0) is 11.8.